The summed E-state index contributed by atoms with van der Waals surface area (Å²) in [5, 5.41) is 1.76. The third-order valence-electron chi connectivity index (χ3n) is 4.76. The highest BCUT2D eigenvalue weighted by atomic mass is 35.5. The molecule has 26 heavy (non-hydrogen) atoms. The summed E-state index contributed by atoms with van der Waals surface area (Å²) in [5.74, 6) is 1.10. The van der Waals surface area contributed by atoms with E-state index in [0.717, 1.165) is 44.1 Å². The summed E-state index contributed by atoms with van der Waals surface area (Å²) in [6.07, 6.45) is 4.28. The summed E-state index contributed by atoms with van der Waals surface area (Å²) >= 11 is 8.42. The van der Waals surface area contributed by atoms with Crippen molar-refractivity contribution < 1.29 is 9.53 Å². The largest absolute Gasteiger partial charge is 0.497 e. The topological polar surface area (TPSA) is 39.2 Å². The summed E-state index contributed by atoms with van der Waals surface area (Å²) in [5.41, 5.74) is 4.09. The number of aromatic nitrogens is 1. The zero-order valence-corrected chi connectivity index (χ0v) is 16.0. The Morgan fingerprint density at radius 1 is 1.31 bits per heavy atom. The van der Waals surface area contributed by atoms with Crippen LogP contribution in [-0.4, -0.2) is 17.9 Å². The van der Waals surface area contributed by atoms with Gasteiger partial charge in [0.05, 0.1) is 17.8 Å². The molecule has 3 nitrogen and oxygen atoms in total. The maximum Gasteiger partial charge on any atom is 0.138 e. The average molecular weight is 384 g/mol. The molecule has 3 aromatic rings. The number of rotatable bonds is 4. The smallest absolute Gasteiger partial charge is 0.138 e. The molecular weight excluding hydrogens is 366 g/mol. The molecule has 0 saturated carbocycles. The Labute approximate surface area is 161 Å². The van der Waals surface area contributed by atoms with Crippen molar-refractivity contribution >= 4 is 38.9 Å². The molecule has 0 amide bonds. The highest BCUT2D eigenvalue weighted by Crippen LogP contribution is 2.44. The van der Waals surface area contributed by atoms with E-state index in [0.29, 0.717) is 30.1 Å². The number of nitrogens with zero attached hydrogens (tertiary/aromatic N) is 1. The number of allylic oxidation sites excluding steroid dienone is 1. The van der Waals surface area contributed by atoms with E-state index < -0.39 is 0 Å². The molecule has 0 saturated heterocycles. The molecule has 0 radical (unpaired) electrons. The minimum absolute atomic E-state index is 0.299. The van der Waals surface area contributed by atoms with Gasteiger partial charge in [0, 0.05) is 35.1 Å². The normalized spacial score (nSPS) is 13.7. The first-order valence-electron chi connectivity index (χ1n) is 8.52. The lowest BCUT2D eigenvalue weighted by Crippen LogP contribution is -2.10. The Hall–Kier alpha value is -2.17. The molecule has 4 rings (SSSR count). The number of ether oxygens (including phenoxy) is 1. The van der Waals surface area contributed by atoms with E-state index in [4.69, 9.17) is 21.3 Å². The average Bonchev–Trinajstić information content (AvgIpc) is 2.99. The maximum absolute atomic E-state index is 11.9. The Morgan fingerprint density at radius 3 is 2.77 bits per heavy atom. The van der Waals surface area contributed by atoms with Gasteiger partial charge in [-0.3, -0.25) is 4.79 Å². The number of thiophene rings is 1. The second-order valence-electron chi connectivity index (χ2n) is 6.37. The quantitative estimate of drug-likeness (QED) is 0.565. The fourth-order valence-electron chi connectivity index (χ4n) is 3.50. The van der Waals surface area contributed by atoms with E-state index >= 15 is 0 Å². The van der Waals surface area contributed by atoms with E-state index in [1.807, 2.05) is 30.3 Å². The Morgan fingerprint density at radius 2 is 2.08 bits per heavy atom. The fraction of sp³-hybridized carbons (Fsp3) is 0.238. The first kappa shape index (κ1) is 17.3. The van der Waals surface area contributed by atoms with E-state index in [-0.39, 0.29) is 0 Å². The van der Waals surface area contributed by atoms with Crippen molar-refractivity contribution in [3.05, 3.63) is 58.1 Å². The van der Waals surface area contributed by atoms with Crippen molar-refractivity contribution in [2.24, 2.45) is 0 Å². The number of halogens is 1. The van der Waals surface area contributed by atoms with E-state index in [1.54, 1.807) is 18.4 Å². The fourth-order valence-corrected chi connectivity index (χ4v) is 5.10. The molecule has 2 heterocycles. The van der Waals surface area contributed by atoms with Gasteiger partial charge in [0.25, 0.3) is 0 Å². The number of carbonyl (C=O) groups is 1. The molecule has 0 N–H and O–H groups in total. The van der Waals surface area contributed by atoms with Gasteiger partial charge < -0.3 is 4.74 Å². The number of carbonyl (C=O) groups excluding carboxylic acids is 1. The second kappa shape index (κ2) is 6.86. The number of pyridine rings is 1. The molecule has 1 aliphatic carbocycles. The lowest BCUT2D eigenvalue weighted by atomic mass is 9.91. The number of benzene rings is 1. The summed E-state index contributed by atoms with van der Waals surface area (Å²) in [6.45, 7) is 3.82. The molecule has 0 unspecified atom stereocenters. The molecule has 5 heteroatoms. The predicted octanol–water partition coefficient (Wildman–Crippen LogP) is 5.41. The summed E-state index contributed by atoms with van der Waals surface area (Å²) in [4.78, 5) is 18.8. The van der Waals surface area contributed by atoms with E-state index in [2.05, 4.69) is 6.58 Å². The van der Waals surface area contributed by atoms with Crippen molar-refractivity contribution in [3.8, 4) is 16.9 Å². The number of methoxy groups -OCH3 is 1. The van der Waals surface area contributed by atoms with Gasteiger partial charge in [-0.2, -0.15) is 0 Å². The van der Waals surface area contributed by atoms with Crippen LogP contribution in [0, 0.1) is 0 Å². The monoisotopic (exact) mass is 383 g/mol. The highest BCUT2D eigenvalue weighted by molar-refractivity contribution is 7.19. The van der Waals surface area contributed by atoms with Crippen LogP contribution in [0.2, 0.25) is 5.02 Å². The van der Waals surface area contributed by atoms with Gasteiger partial charge in [0.2, 0.25) is 0 Å². The number of fused-ring (bicyclic) bond motifs is 3. The van der Waals surface area contributed by atoms with Crippen LogP contribution in [0.5, 0.6) is 5.75 Å². The molecule has 1 aliphatic rings. The zero-order valence-electron chi connectivity index (χ0n) is 14.5. The molecule has 0 bridgehead atoms. The van der Waals surface area contributed by atoms with Crippen molar-refractivity contribution in [1.82, 2.24) is 4.98 Å². The molecule has 0 fully saturated rings. The first-order chi connectivity index (χ1) is 12.6. The molecule has 0 aliphatic heterocycles. The van der Waals surface area contributed by atoms with Gasteiger partial charge in [-0.05, 0) is 29.7 Å². The first-order valence-corrected chi connectivity index (χ1v) is 9.71. The Kier molecular flexibility index (Phi) is 4.55. The maximum atomic E-state index is 11.9. The third kappa shape index (κ3) is 2.83. The lowest BCUT2D eigenvalue weighted by molar-refractivity contribution is -0.118. The van der Waals surface area contributed by atoms with Crippen LogP contribution < -0.4 is 4.74 Å². The minimum atomic E-state index is 0.299. The van der Waals surface area contributed by atoms with E-state index in [1.165, 1.54) is 5.56 Å². The van der Waals surface area contributed by atoms with Gasteiger partial charge in [0.15, 0.2) is 0 Å². The van der Waals surface area contributed by atoms with Crippen molar-refractivity contribution in [1.29, 1.82) is 0 Å². The molecule has 0 atom stereocenters. The minimum Gasteiger partial charge on any atom is -0.497 e. The highest BCUT2D eigenvalue weighted by Gasteiger charge is 2.26. The Bertz CT molecular complexity index is 1020. The number of Topliss-reactive ketones (excluding diaryl/α,β-unsaturated/α-hetero) is 1. The second-order valence-corrected chi connectivity index (χ2v) is 7.83. The Balaban J connectivity index is 2.02. The SMILES string of the molecule is C=CCc1nc2sc3c(c2c(-c2ccc(OC)cc2)c1Cl)CCC(=O)C3. The molecule has 0 spiro atoms. The predicted molar refractivity (Wildman–Crippen MR) is 108 cm³/mol. The summed E-state index contributed by atoms with van der Waals surface area (Å²) in [6, 6.07) is 7.92. The van der Waals surface area contributed by atoms with Crippen LogP contribution in [0.15, 0.2) is 36.9 Å². The number of hydrogen-bond donors (Lipinski definition) is 0. The van der Waals surface area contributed by atoms with Gasteiger partial charge in [0.1, 0.15) is 16.4 Å². The number of hydrogen-bond acceptors (Lipinski definition) is 4. The van der Waals surface area contributed by atoms with Crippen LogP contribution in [-0.2, 0) is 24.1 Å². The van der Waals surface area contributed by atoms with Gasteiger partial charge in [-0.15, -0.1) is 17.9 Å². The third-order valence-corrected chi connectivity index (χ3v) is 6.29. The van der Waals surface area contributed by atoms with Crippen LogP contribution in [0.1, 0.15) is 22.6 Å². The lowest BCUT2D eigenvalue weighted by Gasteiger charge is -2.14. The van der Waals surface area contributed by atoms with Crippen molar-refractivity contribution in [3.63, 3.8) is 0 Å². The van der Waals surface area contributed by atoms with Gasteiger partial charge >= 0.3 is 0 Å². The molecule has 1 aromatic carbocycles. The zero-order chi connectivity index (χ0) is 18.3. The van der Waals surface area contributed by atoms with Crippen molar-refractivity contribution in [2.75, 3.05) is 7.11 Å². The van der Waals surface area contributed by atoms with Crippen molar-refractivity contribution in [2.45, 2.75) is 25.7 Å². The standard InChI is InChI=1S/C21H18ClNO2S/c1-3-4-16-20(22)18(12-5-8-14(25-2)9-6-12)19-15-10-7-13(24)11-17(15)26-21(19)23-16/h3,5-6,8-9H,1,4,7,10-11H2,2H3. The van der Waals surface area contributed by atoms with Gasteiger partial charge in [-0.1, -0.05) is 29.8 Å². The number of ketones is 1. The summed E-state index contributed by atoms with van der Waals surface area (Å²) in [7, 11) is 1.65. The van der Waals surface area contributed by atoms with Gasteiger partial charge in [-0.25, -0.2) is 4.98 Å². The summed E-state index contributed by atoms with van der Waals surface area (Å²) < 4.78 is 5.28. The number of aryl methyl sites for hydroxylation is 1. The molecule has 132 valence electrons. The molecular formula is C21H18ClNO2S. The van der Waals surface area contributed by atoms with Crippen LogP contribution >= 0.6 is 22.9 Å². The van der Waals surface area contributed by atoms with E-state index in [9.17, 15) is 4.79 Å². The van der Waals surface area contributed by atoms with Crippen LogP contribution in [0.25, 0.3) is 21.3 Å². The van der Waals surface area contributed by atoms with Crippen LogP contribution in [0.4, 0.5) is 0 Å². The molecule has 2 aromatic heterocycles. The van der Waals surface area contributed by atoms with Crippen LogP contribution in [0.3, 0.4) is 0 Å².